The molecule has 0 aliphatic heterocycles. The Morgan fingerprint density at radius 3 is 2.62 bits per heavy atom. The number of aryl methyl sites for hydroxylation is 1. The number of amides is 1. The third kappa shape index (κ3) is 2.50. The lowest BCUT2D eigenvalue weighted by Gasteiger charge is -2.09. The molecule has 0 saturated heterocycles. The average Bonchev–Trinajstić information content (AvgIpc) is 2.82. The molecule has 1 aromatic heterocycles. The van der Waals surface area contributed by atoms with Crippen LogP contribution in [0.5, 0.6) is 0 Å². The van der Waals surface area contributed by atoms with Crippen molar-refractivity contribution in [3.63, 3.8) is 0 Å². The number of benzene rings is 2. The molecule has 1 N–H and O–H groups in total. The summed E-state index contributed by atoms with van der Waals surface area (Å²) in [7, 11) is 1.86. The van der Waals surface area contributed by atoms with Gasteiger partial charge in [0, 0.05) is 18.0 Å². The monoisotopic (exact) mass is 318 g/mol. The van der Waals surface area contributed by atoms with E-state index in [-0.39, 0.29) is 5.91 Å². The van der Waals surface area contributed by atoms with Gasteiger partial charge in [-0.25, -0.2) is 0 Å². The van der Waals surface area contributed by atoms with Crippen LogP contribution in [0.4, 0.5) is 5.69 Å². The minimum atomic E-state index is -0.224. The molecule has 2 aromatic carbocycles. The van der Waals surface area contributed by atoms with Crippen molar-refractivity contribution in [2.75, 3.05) is 5.32 Å². The van der Waals surface area contributed by atoms with Crippen molar-refractivity contribution in [1.29, 1.82) is 0 Å². The van der Waals surface area contributed by atoms with Crippen LogP contribution < -0.4 is 5.32 Å². The molecule has 0 saturated carbocycles. The summed E-state index contributed by atoms with van der Waals surface area (Å²) in [5.74, 6) is -0.224. The summed E-state index contributed by atoms with van der Waals surface area (Å²) in [6.07, 6.45) is 0. The quantitative estimate of drug-likeness (QED) is 0.727. The van der Waals surface area contributed by atoms with E-state index in [9.17, 15) is 4.79 Å². The number of para-hydroxylation sites is 1. The van der Waals surface area contributed by atoms with Gasteiger partial charge in [0.15, 0.2) is 0 Å². The zero-order valence-electron chi connectivity index (χ0n) is 11.2. The Labute approximate surface area is 132 Å². The molecule has 3 rings (SSSR count). The maximum absolute atomic E-state index is 12.4. The Bertz CT molecular complexity index is 839. The van der Waals surface area contributed by atoms with E-state index in [0.29, 0.717) is 21.4 Å². The molecule has 0 radical (unpaired) electrons. The van der Waals surface area contributed by atoms with E-state index in [1.54, 1.807) is 18.2 Å². The number of anilines is 1. The molecule has 0 spiro atoms. The topological polar surface area (TPSA) is 34.0 Å². The van der Waals surface area contributed by atoms with E-state index in [1.165, 1.54) is 0 Å². The Kier molecular flexibility index (Phi) is 3.62. The number of hydrogen-bond acceptors (Lipinski definition) is 1. The fourth-order valence-electron chi connectivity index (χ4n) is 2.29. The Hall–Kier alpha value is -1.97. The first-order valence-corrected chi connectivity index (χ1v) is 7.13. The Morgan fingerprint density at radius 2 is 1.86 bits per heavy atom. The van der Waals surface area contributed by atoms with Gasteiger partial charge in [0.05, 0.1) is 15.7 Å². The second-order valence-electron chi connectivity index (χ2n) is 4.70. The molecular weight excluding hydrogens is 307 g/mol. The average molecular weight is 319 g/mol. The van der Waals surface area contributed by atoms with Crippen LogP contribution >= 0.6 is 23.2 Å². The molecule has 1 amide bonds. The first kappa shape index (κ1) is 14.0. The zero-order chi connectivity index (χ0) is 15.0. The van der Waals surface area contributed by atoms with Crippen molar-refractivity contribution in [2.45, 2.75) is 0 Å². The van der Waals surface area contributed by atoms with Gasteiger partial charge < -0.3 is 9.88 Å². The van der Waals surface area contributed by atoms with Crippen LogP contribution in [0, 0.1) is 0 Å². The fraction of sp³-hybridized carbons (Fsp3) is 0.0625. The number of nitrogens with one attached hydrogen (secondary N) is 1. The summed E-state index contributed by atoms with van der Waals surface area (Å²) < 4.78 is 1.85. The van der Waals surface area contributed by atoms with E-state index in [1.807, 2.05) is 41.9 Å². The second kappa shape index (κ2) is 5.43. The molecule has 3 aromatic rings. The lowest BCUT2D eigenvalue weighted by Crippen LogP contribution is -2.15. The summed E-state index contributed by atoms with van der Waals surface area (Å²) in [5.41, 5.74) is 2.06. The minimum absolute atomic E-state index is 0.224. The van der Waals surface area contributed by atoms with Gasteiger partial charge in [0.25, 0.3) is 5.91 Å². The van der Waals surface area contributed by atoms with Gasteiger partial charge in [0.1, 0.15) is 5.69 Å². The van der Waals surface area contributed by atoms with Crippen molar-refractivity contribution in [3.8, 4) is 0 Å². The van der Waals surface area contributed by atoms with E-state index >= 15 is 0 Å². The third-order valence-electron chi connectivity index (χ3n) is 3.38. The highest BCUT2D eigenvalue weighted by Gasteiger charge is 2.15. The number of nitrogens with zero attached hydrogens (tertiary/aromatic N) is 1. The first-order valence-electron chi connectivity index (χ1n) is 6.38. The van der Waals surface area contributed by atoms with Crippen molar-refractivity contribution >= 4 is 45.7 Å². The highest BCUT2D eigenvalue weighted by molar-refractivity contribution is 6.44. The molecule has 0 atom stereocenters. The first-order chi connectivity index (χ1) is 10.1. The molecule has 0 aliphatic carbocycles. The molecule has 21 heavy (non-hydrogen) atoms. The maximum atomic E-state index is 12.4. The van der Waals surface area contributed by atoms with Gasteiger partial charge in [-0.1, -0.05) is 47.5 Å². The number of carbonyl (C=O) groups is 1. The molecule has 1 heterocycles. The number of rotatable bonds is 2. The SMILES string of the molecule is Cn1c(C(=O)Nc2cccc(Cl)c2Cl)cc2ccccc21. The summed E-state index contributed by atoms with van der Waals surface area (Å²) in [4.78, 5) is 12.4. The maximum Gasteiger partial charge on any atom is 0.272 e. The van der Waals surface area contributed by atoms with Gasteiger partial charge in [-0.05, 0) is 24.3 Å². The van der Waals surface area contributed by atoms with Crippen molar-refractivity contribution in [3.05, 3.63) is 64.3 Å². The predicted octanol–water partition coefficient (Wildman–Crippen LogP) is 4.74. The molecule has 0 unspecified atom stereocenters. The van der Waals surface area contributed by atoms with Crippen LogP contribution in [0.15, 0.2) is 48.5 Å². The minimum Gasteiger partial charge on any atom is -0.340 e. The molecular formula is C16H12Cl2N2O. The third-order valence-corrected chi connectivity index (χ3v) is 4.20. The molecule has 0 aliphatic rings. The van der Waals surface area contributed by atoms with Crippen LogP contribution in [0.1, 0.15) is 10.5 Å². The number of hydrogen-bond donors (Lipinski definition) is 1. The molecule has 5 heteroatoms. The lowest BCUT2D eigenvalue weighted by atomic mass is 10.2. The van der Waals surface area contributed by atoms with E-state index in [4.69, 9.17) is 23.2 Å². The van der Waals surface area contributed by atoms with Gasteiger partial charge in [0.2, 0.25) is 0 Å². The second-order valence-corrected chi connectivity index (χ2v) is 5.49. The van der Waals surface area contributed by atoms with E-state index in [2.05, 4.69) is 5.32 Å². The summed E-state index contributed by atoms with van der Waals surface area (Å²) in [5, 5.41) is 4.56. The van der Waals surface area contributed by atoms with Crippen molar-refractivity contribution in [1.82, 2.24) is 4.57 Å². The summed E-state index contributed by atoms with van der Waals surface area (Å²) >= 11 is 12.0. The fourth-order valence-corrected chi connectivity index (χ4v) is 2.64. The molecule has 0 fully saturated rings. The highest BCUT2D eigenvalue weighted by Crippen LogP contribution is 2.30. The summed E-state index contributed by atoms with van der Waals surface area (Å²) in [6.45, 7) is 0. The Balaban J connectivity index is 1.97. The van der Waals surface area contributed by atoms with Crippen molar-refractivity contribution < 1.29 is 4.79 Å². The number of halogens is 2. The van der Waals surface area contributed by atoms with Crippen LogP contribution in [0.2, 0.25) is 10.0 Å². The lowest BCUT2D eigenvalue weighted by molar-refractivity contribution is 0.102. The predicted molar refractivity (Wildman–Crippen MR) is 87.3 cm³/mol. The normalized spacial score (nSPS) is 10.8. The summed E-state index contributed by atoms with van der Waals surface area (Å²) in [6, 6.07) is 14.8. The molecule has 0 bridgehead atoms. The van der Waals surface area contributed by atoms with Crippen molar-refractivity contribution in [2.24, 2.45) is 7.05 Å². The zero-order valence-corrected chi connectivity index (χ0v) is 12.7. The van der Waals surface area contributed by atoms with Gasteiger partial charge in [-0.15, -0.1) is 0 Å². The standard InChI is InChI=1S/C16H12Cl2N2O/c1-20-13-8-3-2-5-10(13)9-14(20)16(21)19-12-7-4-6-11(17)15(12)18/h2-9H,1H3,(H,19,21). The van der Waals surface area contributed by atoms with E-state index < -0.39 is 0 Å². The van der Waals surface area contributed by atoms with Crippen LogP contribution in [0.25, 0.3) is 10.9 Å². The van der Waals surface area contributed by atoms with Gasteiger partial charge in [-0.3, -0.25) is 4.79 Å². The Morgan fingerprint density at radius 1 is 1.10 bits per heavy atom. The van der Waals surface area contributed by atoms with Crippen LogP contribution in [-0.2, 0) is 7.05 Å². The van der Waals surface area contributed by atoms with Gasteiger partial charge >= 0.3 is 0 Å². The highest BCUT2D eigenvalue weighted by atomic mass is 35.5. The smallest absolute Gasteiger partial charge is 0.272 e. The largest absolute Gasteiger partial charge is 0.340 e. The van der Waals surface area contributed by atoms with Gasteiger partial charge in [-0.2, -0.15) is 0 Å². The number of carbonyl (C=O) groups excluding carboxylic acids is 1. The molecule has 106 valence electrons. The molecule has 3 nitrogen and oxygen atoms in total. The number of aromatic nitrogens is 1. The van der Waals surface area contributed by atoms with Crippen LogP contribution in [0.3, 0.4) is 0 Å². The number of fused-ring (bicyclic) bond motifs is 1. The van der Waals surface area contributed by atoms with E-state index in [0.717, 1.165) is 10.9 Å². The van der Waals surface area contributed by atoms with Crippen LogP contribution in [-0.4, -0.2) is 10.5 Å².